The molecule has 2 fully saturated rings. The number of esters is 1. The first-order chi connectivity index (χ1) is 10.4. The molecule has 0 radical (unpaired) electrons. The van der Waals surface area contributed by atoms with E-state index in [-0.39, 0.29) is 27.8 Å². The van der Waals surface area contributed by atoms with E-state index in [0.717, 1.165) is 12.8 Å². The van der Waals surface area contributed by atoms with Gasteiger partial charge in [-0.2, -0.15) is 0 Å². The van der Waals surface area contributed by atoms with Crippen LogP contribution in [-0.4, -0.2) is 11.6 Å². The van der Waals surface area contributed by atoms with E-state index >= 15 is 0 Å². The zero-order valence-electron chi connectivity index (χ0n) is 16.7. The molecule has 2 rings (SSSR count). The SMILES string of the molecule is CCC(C(C)(C)C)C1(C(=O)OC(C)(C)C2CCCC2)CC1(C)C. The molecule has 0 aliphatic heterocycles. The van der Waals surface area contributed by atoms with Gasteiger partial charge in [0, 0.05) is 0 Å². The topological polar surface area (TPSA) is 26.3 Å². The number of ether oxygens (including phenoxy) is 1. The quantitative estimate of drug-likeness (QED) is 0.581. The predicted molar refractivity (Wildman–Crippen MR) is 96.2 cm³/mol. The van der Waals surface area contributed by atoms with Gasteiger partial charge in [-0.3, -0.25) is 4.79 Å². The average molecular weight is 323 g/mol. The molecule has 23 heavy (non-hydrogen) atoms. The maximum atomic E-state index is 13.3. The molecule has 2 aliphatic carbocycles. The number of hydrogen-bond donors (Lipinski definition) is 0. The number of carbonyl (C=O) groups excluding carboxylic acids is 1. The molecular weight excluding hydrogens is 284 g/mol. The van der Waals surface area contributed by atoms with Crippen LogP contribution in [0.3, 0.4) is 0 Å². The molecule has 0 bridgehead atoms. The summed E-state index contributed by atoms with van der Waals surface area (Å²) in [5, 5.41) is 0. The van der Waals surface area contributed by atoms with E-state index in [4.69, 9.17) is 4.74 Å². The van der Waals surface area contributed by atoms with Crippen molar-refractivity contribution in [3.05, 3.63) is 0 Å². The highest BCUT2D eigenvalue weighted by molar-refractivity contribution is 5.82. The molecule has 2 unspecified atom stereocenters. The second-order valence-corrected chi connectivity index (χ2v) is 10.3. The first-order valence-corrected chi connectivity index (χ1v) is 9.62. The molecule has 134 valence electrons. The Morgan fingerprint density at radius 3 is 1.96 bits per heavy atom. The Morgan fingerprint density at radius 1 is 1.13 bits per heavy atom. The van der Waals surface area contributed by atoms with Crippen LogP contribution >= 0.6 is 0 Å². The molecule has 0 amide bonds. The summed E-state index contributed by atoms with van der Waals surface area (Å²) < 4.78 is 6.22. The Kier molecular flexibility index (Phi) is 4.72. The van der Waals surface area contributed by atoms with Crippen molar-refractivity contribution in [2.45, 2.75) is 99.5 Å². The van der Waals surface area contributed by atoms with Crippen molar-refractivity contribution >= 4 is 5.97 Å². The molecule has 0 aromatic carbocycles. The smallest absolute Gasteiger partial charge is 0.313 e. The van der Waals surface area contributed by atoms with E-state index in [1.54, 1.807) is 0 Å². The fourth-order valence-corrected chi connectivity index (χ4v) is 5.47. The molecule has 2 saturated carbocycles. The number of carbonyl (C=O) groups is 1. The van der Waals surface area contributed by atoms with Gasteiger partial charge in [-0.1, -0.05) is 60.8 Å². The largest absolute Gasteiger partial charge is 0.459 e. The standard InChI is InChI=1S/C21H38O2/c1-9-16(18(2,3)4)21(14-19(21,5)6)17(22)23-20(7,8)15-12-10-11-13-15/h15-16H,9-14H2,1-8H3. The lowest BCUT2D eigenvalue weighted by Gasteiger charge is -2.40. The van der Waals surface area contributed by atoms with Crippen molar-refractivity contribution < 1.29 is 9.53 Å². The van der Waals surface area contributed by atoms with Gasteiger partial charge in [-0.15, -0.1) is 0 Å². The highest BCUT2D eigenvalue weighted by Gasteiger charge is 2.72. The van der Waals surface area contributed by atoms with Gasteiger partial charge in [0.15, 0.2) is 0 Å². The summed E-state index contributed by atoms with van der Waals surface area (Å²) in [7, 11) is 0. The maximum absolute atomic E-state index is 13.3. The fraction of sp³-hybridized carbons (Fsp3) is 0.952. The van der Waals surface area contributed by atoms with Gasteiger partial charge < -0.3 is 4.74 Å². The summed E-state index contributed by atoms with van der Waals surface area (Å²) in [5.41, 5.74) is -0.436. The average Bonchev–Trinajstić information content (AvgIpc) is 2.80. The van der Waals surface area contributed by atoms with Crippen LogP contribution in [0.2, 0.25) is 0 Å². The highest BCUT2D eigenvalue weighted by Crippen LogP contribution is 2.71. The van der Waals surface area contributed by atoms with E-state index < -0.39 is 0 Å². The van der Waals surface area contributed by atoms with Crippen LogP contribution in [0.25, 0.3) is 0 Å². The minimum atomic E-state index is -0.324. The summed E-state index contributed by atoms with van der Waals surface area (Å²) in [6, 6.07) is 0. The lowest BCUT2D eigenvalue weighted by atomic mass is 9.67. The van der Waals surface area contributed by atoms with E-state index in [1.807, 2.05) is 0 Å². The van der Waals surface area contributed by atoms with Gasteiger partial charge in [0.25, 0.3) is 0 Å². The molecule has 0 N–H and O–H groups in total. The summed E-state index contributed by atoms with van der Waals surface area (Å²) in [5.74, 6) is 0.970. The second kappa shape index (κ2) is 5.77. The van der Waals surface area contributed by atoms with Crippen molar-refractivity contribution in [1.82, 2.24) is 0 Å². The van der Waals surface area contributed by atoms with Crippen molar-refractivity contribution in [2.75, 3.05) is 0 Å². The van der Waals surface area contributed by atoms with Crippen molar-refractivity contribution in [2.24, 2.45) is 28.1 Å². The molecule has 2 aliphatic rings. The van der Waals surface area contributed by atoms with Crippen LogP contribution in [0.1, 0.15) is 93.9 Å². The van der Waals surface area contributed by atoms with E-state index in [2.05, 4.69) is 55.4 Å². The van der Waals surface area contributed by atoms with E-state index in [0.29, 0.717) is 11.8 Å². The number of rotatable bonds is 5. The van der Waals surface area contributed by atoms with Crippen LogP contribution in [0, 0.1) is 28.1 Å². The van der Waals surface area contributed by atoms with Crippen molar-refractivity contribution in [3.8, 4) is 0 Å². The Labute approximate surface area is 143 Å². The normalized spacial score (nSPS) is 29.4. The highest BCUT2D eigenvalue weighted by atomic mass is 16.6. The van der Waals surface area contributed by atoms with Crippen molar-refractivity contribution in [1.29, 1.82) is 0 Å². The van der Waals surface area contributed by atoms with Crippen LogP contribution in [0.4, 0.5) is 0 Å². The molecule has 0 aromatic rings. The third-order valence-electron chi connectivity index (χ3n) is 6.91. The molecule has 0 heterocycles. The van der Waals surface area contributed by atoms with Crippen LogP contribution in [-0.2, 0) is 9.53 Å². The minimum Gasteiger partial charge on any atom is -0.459 e. The van der Waals surface area contributed by atoms with Crippen LogP contribution in [0.15, 0.2) is 0 Å². The molecule has 0 spiro atoms. The fourth-order valence-electron chi connectivity index (χ4n) is 5.47. The zero-order chi connectivity index (χ0) is 17.7. The maximum Gasteiger partial charge on any atom is 0.313 e. The Morgan fingerprint density at radius 2 is 1.61 bits per heavy atom. The van der Waals surface area contributed by atoms with Gasteiger partial charge in [0.05, 0.1) is 5.41 Å². The molecule has 2 heteroatoms. The first-order valence-electron chi connectivity index (χ1n) is 9.62. The summed E-state index contributed by atoms with van der Waals surface area (Å²) in [4.78, 5) is 13.3. The first kappa shape index (κ1) is 18.8. The monoisotopic (exact) mass is 322 g/mol. The third-order valence-corrected chi connectivity index (χ3v) is 6.91. The van der Waals surface area contributed by atoms with E-state index in [1.165, 1.54) is 25.7 Å². The Hall–Kier alpha value is -0.530. The molecule has 2 nitrogen and oxygen atoms in total. The van der Waals surface area contributed by atoms with Crippen LogP contribution in [0.5, 0.6) is 0 Å². The second-order valence-electron chi connectivity index (χ2n) is 10.3. The minimum absolute atomic E-state index is 0.0593. The van der Waals surface area contributed by atoms with Gasteiger partial charge >= 0.3 is 5.97 Å². The predicted octanol–water partition coefficient (Wildman–Crippen LogP) is 5.99. The zero-order valence-corrected chi connectivity index (χ0v) is 16.7. The van der Waals surface area contributed by atoms with Gasteiger partial charge in [-0.05, 0) is 55.8 Å². The van der Waals surface area contributed by atoms with Crippen LogP contribution < -0.4 is 0 Å². The van der Waals surface area contributed by atoms with E-state index in [9.17, 15) is 4.79 Å². The number of hydrogen-bond acceptors (Lipinski definition) is 2. The summed E-state index contributed by atoms with van der Waals surface area (Å²) >= 11 is 0. The van der Waals surface area contributed by atoms with Gasteiger partial charge in [0.2, 0.25) is 0 Å². The van der Waals surface area contributed by atoms with Gasteiger partial charge in [0.1, 0.15) is 5.60 Å². The summed E-state index contributed by atoms with van der Waals surface area (Å²) in [6.45, 7) is 17.8. The summed E-state index contributed by atoms with van der Waals surface area (Å²) in [6.07, 6.45) is 6.96. The molecule has 0 saturated heterocycles. The molecule has 0 aromatic heterocycles. The lowest BCUT2D eigenvalue weighted by molar-refractivity contribution is -0.175. The Balaban J connectivity index is 2.23. The Bertz CT molecular complexity index is 449. The lowest BCUT2D eigenvalue weighted by Crippen LogP contribution is -2.44. The third kappa shape index (κ3) is 3.20. The van der Waals surface area contributed by atoms with Gasteiger partial charge in [-0.25, -0.2) is 0 Å². The molecular formula is C21H38O2. The molecule has 2 atom stereocenters. The van der Waals surface area contributed by atoms with Crippen molar-refractivity contribution in [3.63, 3.8) is 0 Å².